The smallest absolute Gasteiger partial charge is 0.314 e. The number of hydrogen-bond acceptors (Lipinski definition) is 6. The first-order valence-electron chi connectivity index (χ1n) is 5.07. The van der Waals surface area contributed by atoms with Gasteiger partial charge in [0.15, 0.2) is 0 Å². The molecule has 2 aromatic rings. The number of para-hydroxylation sites is 1. The van der Waals surface area contributed by atoms with Crippen LogP contribution in [0.4, 0.5) is 11.5 Å². The maximum atomic E-state index is 11.0. The second-order valence-electron chi connectivity index (χ2n) is 3.56. The predicted octanol–water partition coefficient (Wildman–Crippen LogP) is 2.07. The van der Waals surface area contributed by atoms with Crippen molar-refractivity contribution in [2.45, 2.75) is 6.92 Å². The quantitative estimate of drug-likeness (QED) is 0.656. The van der Waals surface area contributed by atoms with Crippen LogP contribution in [-0.2, 0) is 0 Å². The molecule has 0 aliphatic rings. The molecule has 0 amide bonds. The molecule has 92 valence electrons. The Balaban J connectivity index is 2.40. The van der Waals surface area contributed by atoms with Gasteiger partial charge in [-0.15, -0.1) is 0 Å². The molecule has 0 bridgehead atoms. The highest BCUT2D eigenvalue weighted by molar-refractivity contribution is 5.53. The largest absolute Gasteiger partial charge is 0.430 e. The molecule has 2 rings (SSSR count). The molecule has 18 heavy (non-hydrogen) atoms. The van der Waals surface area contributed by atoms with E-state index in [0.29, 0.717) is 5.56 Å². The minimum Gasteiger partial charge on any atom is -0.430 e. The van der Waals surface area contributed by atoms with Crippen LogP contribution >= 0.6 is 0 Å². The summed E-state index contributed by atoms with van der Waals surface area (Å²) in [6, 6.07) is 4.80. The zero-order chi connectivity index (χ0) is 13.1. The number of aryl methyl sites for hydroxylation is 1. The van der Waals surface area contributed by atoms with Gasteiger partial charge in [0.1, 0.15) is 5.82 Å². The molecule has 0 saturated carbocycles. The van der Waals surface area contributed by atoms with E-state index in [1.54, 1.807) is 19.1 Å². The van der Waals surface area contributed by atoms with Gasteiger partial charge in [-0.2, -0.15) is 4.98 Å². The number of rotatable bonds is 3. The van der Waals surface area contributed by atoms with Gasteiger partial charge in [0, 0.05) is 5.56 Å². The first-order chi connectivity index (χ1) is 8.58. The fourth-order valence-corrected chi connectivity index (χ4v) is 1.47. The Morgan fingerprint density at radius 1 is 1.39 bits per heavy atom. The lowest BCUT2D eigenvalue weighted by Gasteiger charge is -2.06. The maximum Gasteiger partial charge on any atom is 0.314 e. The van der Waals surface area contributed by atoms with Gasteiger partial charge < -0.3 is 10.5 Å². The number of ether oxygens (including phenoxy) is 1. The van der Waals surface area contributed by atoms with Crippen molar-refractivity contribution in [3.8, 4) is 11.6 Å². The van der Waals surface area contributed by atoms with E-state index in [-0.39, 0.29) is 23.1 Å². The molecule has 1 aromatic heterocycles. The summed E-state index contributed by atoms with van der Waals surface area (Å²) in [6.45, 7) is 1.63. The van der Waals surface area contributed by atoms with Gasteiger partial charge in [0.05, 0.1) is 17.3 Å². The molecule has 0 radical (unpaired) electrons. The molecule has 0 fully saturated rings. The number of nitro groups is 1. The summed E-state index contributed by atoms with van der Waals surface area (Å²) in [5, 5.41) is 11.0. The van der Waals surface area contributed by atoms with Crippen LogP contribution in [0.1, 0.15) is 5.56 Å². The Kier molecular flexibility index (Phi) is 3.05. The van der Waals surface area contributed by atoms with Crippen molar-refractivity contribution in [2.24, 2.45) is 0 Å². The van der Waals surface area contributed by atoms with Gasteiger partial charge in [-0.3, -0.25) is 15.1 Å². The number of hydrogen-bond donors (Lipinski definition) is 1. The summed E-state index contributed by atoms with van der Waals surface area (Å²) >= 11 is 0. The Hall–Kier alpha value is -2.70. The van der Waals surface area contributed by atoms with Crippen molar-refractivity contribution in [1.82, 2.24) is 9.97 Å². The summed E-state index contributed by atoms with van der Waals surface area (Å²) in [5.74, 6) is 0.409. The number of nitrogen functional groups attached to an aromatic ring is 1. The van der Waals surface area contributed by atoms with Crippen LogP contribution in [0.25, 0.3) is 0 Å². The lowest BCUT2D eigenvalue weighted by Crippen LogP contribution is -1.98. The van der Waals surface area contributed by atoms with Crippen LogP contribution in [0.3, 0.4) is 0 Å². The fourth-order valence-electron chi connectivity index (χ4n) is 1.47. The zero-order valence-corrected chi connectivity index (χ0v) is 9.53. The third-order valence-electron chi connectivity index (χ3n) is 2.23. The lowest BCUT2D eigenvalue weighted by atomic mass is 10.2. The topological polar surface area (TPSA) is 104 Å². The van der Waals surface area contributed by atoms with Crippen LogP contribution in [0.2, 0.25) is 0 Å². The highest BCUT2D eigenvalue weighted by Gasteiger charge is 2.19. The number of anilines is 1. The van der Waals surface area contributed by atoms with Crippen molar-refractivity contribution in [3.63, 3.8) is 0 Å². The van der Waals surface area contributed by atoms with Crippen LogP contribution in [0, 0.1) is 17.0 Å². The van der Waals surface area contributed by atoms with Crippen molar-refractivity contribution < 1.29 is 9.66 Å². The SMILES string of the molecule is Cc1cccc(Oc2cncc(N)n2)c1[N+](=O)[O-]. The van der Waals surface area contributed by atoms with E-state index < -0.39 is 4.92 Å². The van der Waals surface area contributed by atoms with Crippen molar-refractivity contribution in [1.29, 1.82) is 0 Å². The first kappa shape index (κ1) is 11.8. The Morgan fingerprint density at radius 2 is 2.17 bits per heavy atom. The molecule has 0 atom stereocenters. The second kappa shape index (κ2) is 4.66. The van der Waals surface area contributed by atoms with Gasteiger partial charge in [-0.1, -0.05) is 12.1 Å². The van der Waals surface area contributed by atoms with E-state index in [1.165, 1.54) is 18.5 Å². The van der Waals surface area contributed by atoms with Gasteiger partial charge in [0.2, 0.25) is 11.6 Å². The van der Waals surface area contributed by atoms with Crippen LogP contribution in [0.5, 0.6) is 11.6 Å². The number of benzene rings is 1. The molecule has 1 heterocycles. The predicted molar refractivity (Wildman–Crippen MR) is 64.4 cm³/mol. The van der Waals surface area contributed by atoms with E-state index >= 15 is 0 Å². The number of nitrogens with two attached hydrogens (primary N) is 1. The Labute approximate surface area is 102 Å². The summed E-state index contributed by atoms with van der Waals surface area (Å²) in [4.78, 5) is 18.1. The molecule has 1 aromatic carbocycles. The Morgan fingerprint density at radius 3 is 2.83 bits per heavy atom. The zero-order valence-electron chi connectivity index (χ0n) is 9.53. The summed E-state index contributed by atoms with van der Waals surface area (Å²) in [6.07, 6.45) is 2.69. The van der Waals surface area contributed by atoms with E-state index in [4.69, 9.17) is 10.5 Å². The molecule has 0 saturated heterocycles. The third-order valence-corrected chi connectivity index (χ3v) is 2.23. The molecule has 0 aliphatic carbocycles. The number of nitrogens with zero attached hydrogens (tertiary/aromatic N) is 3. The molecule has 7 heteroatoms. The molecule has 7 nitrogen and oxygen atoms in total. The van der Waals surface area contributed by atoms with Gasteiger partial charge in [0.25, 0.3) is 0 Å². The molecule has 0 unspecified atom stereocenters. The average Bonchev–Trinajstić information content (AvgIpc) is 2.28. The third kappa shape index (κ3) is 2.34. The molecule has 0 spiro atoms. The van der Waals surface area contributed by atoms with Crippen LogP contribution in [0.15, 0.2) is 30.6 Å². The molecular formula is C11H10N4O3. The standard InChI is InChI=1S/C11H10N4O3/c1-7-3-2-4-8(11(7)15(16)17)18-10-6-13-5-9(12)14-10/h2-6H,1H3,(H2,12,14). The number of aromatic nitrogens is 2. The first-order valence-corrected chi connectivity index (χ1v) is 5.07. The van der Waals surface area contributed by atoms with E-state index in [2.05, 4.69) is 9.97 Å². The Bertz CT molecular complexity index is 601. The van der Waals surface area contributed by atoms with Crippen molar-refractivity contribution in [2.75, 3.05) is 5.73 Å². The number of nitro benzene ring substituents is 1. The van der Waals surface area contributed by atoms with E-state index in [9.17, 15) is 10.1 Å². The van der Waals surface area contributed by atoms with Gasteiger partial charge >= 0.3 is 5.69 Å². The van der Waals surface area contributed by atoms with Gasteiger partial charge in [-0.25, -0.2) is 0 Å². The minimum atomic E-state index is -0.496. The molecular weight excluding hydrogens is 236 g/mol. The summed E-state index contributed by atoms with van der Waals surface area (Å²) in [7, 11) is 0. The van der Waals surface area contributed by atoms with E-state index in [0.717, 1.165) is 0 Å². The fraction of sp³-hybridized carbons (Fsp3) is 0.0909. The summed E-state index contributed by atoms with van der Waals surface area (Å²) in [5.41, 5.74) is 5.87. The summed E-state index contributed by atoms with van der Waals surface area (Å²) < 4.78 is 5.34. The monoisotopic (exact) mass is 246 g/mol. The molecule has 2 N–H and O–H groups in total. The highest BCUT2D eigenvalue weighted by Crippen LogP contribution is 2.32. The molecule has 0 aliphatic heterocycles. The normalized spacial score (nSPS) is 10.1. The average molecular weight is 246 g/mol. The second-order valence-corrected chi connectivity index (χ2v) is 3.56. The van der Waals surface area contributed by atoms with Crippen LogP contribution in [-0.4, -0.2) is 14.9 Å². The highest BCUT2D eigenvalue weighted by atomic mass is 16.6. The lowest BCUT2D eigenvalue weighted by molar-refractivity contribution is -0.386. The maximum absolute atomic E-state index is 11.0. The van der Waals surface area contributed by atoms with Crippen LogP contribution < -0.4 is 10.5 Å². The van der Waals surface area contributed by atoms with E-state index in [1.807, 2.05) is 0 Å². The van der Waals surface area contributed by atoms with Crippen molar-refractivity contribution in [3.05, 3.63) is 46.3 Å². The van der Waals surface area contributed by atoms with Gasteiger partial charge in [-0.05, 0) is 13.0 Å². The van der Waals surface area contributed by atoms with Crippen molar-refractivity contribution >= 4 is 11.5 Å². The minimum absolute atomic E-state index is 0.0956.